The molecule has 3 aliphatic rings. The first-order valence-corrected chi connectivity index (χ1v) is 9.70. The van der Waals surface area contributed by atoms with Crippen LogP contribution in [0.5, 0.6) is 0 Å². The van der Waals surface area contributed by atoms with Crippen LogP contribution in [0.4, 0.5) is 4.79 Å². The van der Waals surface area contributed by atoms with Crippen LogP contribution in [-0.4, -0.2) is 47.2 Å². The maximum atomic E-state index is 12.3. The predicted octanol–water partition coefficient (Wildman–Crippen LogP) is 1.26. The lowest BCUT2D eigenvalue weighted by Gasteiger charge is -2.28. The van der Waals surface area contributed by atoms with Crippen LogP contribution in [0.25, 0.3) is 0 Å². The largest absolute Gasteiger partial charge is 0.335 e. The third-order valence-corrected chi connectivity index (χ3v) is 5.67. The van der Waals surface area contributed by atoms with Gasteiger partial charge >= 0.3 is 6.03 Å². The average Bonchev–Trinajstić information content (AvgIpc) is 3.25. The lowest BCUT2D eigenvalue weighted by molar-refractivity contribution is 0.235. The molecule has 2 amide bonds. The molecular formula is C19H28N4O2. The first-order chi connectivity index (χ1) is 12.2. The number of amides is 2. The van der Waals surface area contributed by atoms with Crippen molar-refractivity contribution in [1.82, 2.24) is 20.1 Å². The minimum absolute atomic E-state index is 0.0432. The highest BCUT2D eigenvalue weighted by atomic mass is 16.2. The van der Waals surface area contributed by atoms with Gasteiger partial charge < -0.3 is 20.1 Å². The molecule has 1 aromatic rings. The van der Waals surface area contributed by atoms with E-state index in [1.807, 2.05) is 10.6 Å². The molecule has 4 rings (SSSR count). The number of fused-ring (bicyclic) bond motifs is 1. The molecule has 0 aromatic carbocycles. The first-order valence-electron chi connectivity index (χ1n) is 9.70. The van der Waals surface area contributed by atoms with Gasteiger partial charge in [-0.05, 0) is 63.6 Å². The number of likely N-dealkylation sites (tertiary alicyclic amines) is 1. The SMILES string of the molecule is O=C(NC1CC1)N[C@@H]1CCc2c(ccc(=O)n2CCN2CCCC2)C1. The highest BCUT2D eigenvalue weighted by Gasteiger charge is 2.26. The Kier molecular flexibility index (Phi) is 4.79. The number of nitrogens with one attached hydrogen (secondary N) is 2. The van der Waals surface area contributed by atoms with Crippen LogP contribution in [0, 0.1) is 0 Å². The Bertz CT molecular complexity index is 689. The molecule has 6 heteroatoms. The van der Waals surface area contributed by atoms with E-state index in [0.29, 0.717) is 6.04 Å². The van der Waals surface area contributed by atoms with Gasteiger partial charge in [-0.1, -0.05) is 6.07 Å². The second-order valence-electron chi connectivity index (χ2n) is 7.68. The molecule has 6 nitrogen and oxygen atoms in total. The number of pyridine rings is 1. The molecular weight excluding hydrogens is 316 g/mol. The number of urea groups is 1. The Labute approximate surface area is 148 Å². The lowest BCUT2D eigenvalue weighted by Crippen LogP contribution is -2.46. The van der Waals surface area contributed by atoms with E-state index in [-0.39, 0.29) is 17.6 Å². The van der Waals surface area contributed by atoms with E-state index in [1.54, 1.807) is 6.07 Å². The van der Waals surface area contributed by atoms with Gasteiger partial charge in [0.15, 0.2) is 0 Å². The summed E-state index contributed by atoms with van der Waals surface area (Å²) in [6, 6.07) is 4.15. The normalized spacial score (nSPS) is 23.3. The van der Waals surface area contributed by atoms with Crippen molar-refractivity contribution in [3.8, 4) is 0 Å². The van der Waals surface area contributed by atoms with Crippen molar-refractivity contribution in [2.45, 2.75) is 63.6 Å². The van der Waals surface area contributed by atoms with Crippen molar-refractivity contribution in [3.63, 3.8) is 0 Å². The second kappa shape index (κ2) is 7.20. The van der Waals surface area contributed by atoms with Gasteiger partial charge in [0.05, 0.1) is 0 Å². The molecule has 2 aliphatic carbocycles. The van der Waals surface area contributed by atoms with Crippen molar-refractivity contribution in [2.75, 3.05) is 19.6 Å². The summed E-state index contributed by atoms with van der Waals surface area (Å²) in [5, 5.41) is 6.08. The van der Waals surface area contributed by atoms with Gasteiger partial charge in [0, 0.05) is 36.9 Å². The Hall–Kier alpha value is -1.82. The highest BCUT2D eigenvalue weighted by Crippen LogP contribution is 2.21. The van der Waals surface area contributed by atoms with Crippen LogP contribution in [-0.2, 0) is 19.4 Å². The molecule has 1 aromatic heterocycles. The van der Waals surface area contributed by atoms with E-state index in [2.05, 4.69) is 15.5 Å². The zero-order valence-electron chi connectivity index (χ0n) is 14.8. The number of carbonyl (C=O) groups is 1. The fourth-order valence-electron chi connectivity index (χ4n) is 4.08. The molecule has 0 spiro atoms. The summed E-state index contributed by atoms with van der Waals surface area (Å²) in [6.45, 7) is 4.06. The molecule has 0 radical (unpaired) electrons. The Morgan fingerprint density at radius 1 is 1.04 bits per heavy atom. The van der Waals surface area contributed by atoms with Crippen LogP contribution >= 0.6 is 0 Å². The van der Waals surface area contributed by atoms with Crippen molar-refractivity contribution in [1.29, 1.82) is 0 Å². The van der Waals surface area contributed by atoms with Crippen LogP contribution in [0.15, 0.2) is 16.9 Å². The topological polar surface area (TPSA) is 66.4 Å². The van der Waals surface area contributed by atoms with Crippen LogP contribution < -0.4 is 16.2 Å². The van der Waals surface area contributed by atoms with E-state index in [0.717, 1.165) is 58.3 Å². The molecule has 1 saturated carbocycles. The molecule has 136 valence electrons. The molecule has 1 atom stereocenters. The number of nitrogens with zero attached hydrogens (tertiary/aromatic N) is 2. The van der Waals surface area contributed by atoms with Gasteiger partial charge in [0.2, 0.25) is 0 Å². The smallest absolute Gasteiger partial charge is 0.315 e. The summed E-state index contributed by atoms with van der Waals surface area (Å²) in [5.41, 5.74) is 2.49. The van der Waals surface area contributed by atoms with Crippen molar-refractivity contribution in [2.24, 2.45) is 0 Å². The molecule has 2 N–H and O–H groups in total. The molecule has 0 bridgehead atoms. The standard InChI is InChI=1S/C19H28N4O2/c24-18-8-3-14-13-16(21-19(25)20-15-4-5-15)6-7-17(14)23(18)12-11-22-9-1-2-10-22/h3,8,15-16H,1-2,4-7,9-13H2,(H2,20,21,25)/t16-/m1/s1. The zero-order chi connectivity index (χ0) is 17.2. The van der Waals surface area contributed by atoms with Crippen LogP contribution in [0.3, 0.4) is 0 Å². The number of hydrogen-bond donors (Lipinski definition) is 2. The van der Waals surface area contributed by atoms with Crippen molar-refractivity contribution >= 4 is 6.03 Å². The van der Waals surface area contributed by atoms with E-state index in [1.165, 1.54) is 24.1 Å². The summed E-state index contributed by atoms with van der Waals surface area (Å²) >= 11 is 0. The van der Waals surface area contributed by atoms with Crippen LogP contribution in [0.1, 0.15) is 43.4 Å². The minimum atomic E-state index is -0.0432. The number of hydrogen-bond acceptors (Lipinski definition) is 3. The summed E-state index contributed by atoms with van der Waals surface area (Å²) in [5.74, 6) is 0. The van der Waals surface area contributed by atoms with E-state index < -0.39 is 0 Å². The van der Waals surface area contributed by atoms with Crippen molar-refractivity contribution < 1.29 is 4.79 Å². The Morgan fingerprint density at radius 3 is 2.56 bits per heavy atom. The molecule has 1 saturated heterocycles. The van der Waals surface area contributed by atoms with Gasteiger partial charge in [-0.2, -0.15) is 0 Å². The maximum absolute atomic E-state index is 12.3. The monoisotopic (exact) mass is 344 g/mol. The first kappa shape index (κ1) is 16.6. The van der Waals surface area contributed by atoms with Gasteiger partial charge in [-0.25, -0.2) is 4.79 Å². The van der Waals surface area contributed by atoms with Gasteiger partial charge in [0.1, 0.15) is 0 Å². The van der Waals surface area contributed by atoms with E-state index in [9.17, 15) is 9.59 Å². The average molecular weight is 344 g/mol. The second-order valence-corrected chi connectivity index (χ2v) is 7.68. The minimum Gasteiger partial charge on any atom is -0.335 e. The maximum Gasteiger partial charge on any atom is 0.315 e. The number of aromatic nitrogens is 1. The van der Waals surface area contributed by atoms with Gasteiger partial charge in [0.25, 0.3) is 5.56 Å². The molecule has 0 unspecified atom stereocenters. The third-order valence-electron chi connectivity index (χ3n) is 5.67. The lowest BCUT2D eigenvalue weighted by atomic mass is 9.91. The summed E-state index contributed by atoms with van der Waals surface area (Å²) in [4.78, 5) is 26.8. The molecule has 2 fully saturated rings. The van der Waals surface area contributed by atoms with Gasteiger partial charge in [-0.15, -0.1) is 0 Å². The van der Waals surface area contributed by atoms with Gasteiger partial charge in [-0.3, -0.25) is 4.79 Å². The molecule has 1 aliphatic heterocycles. The fourth-order valence-corrected chi connectivity index (χ4v) is 4.08. The van der Waals surface area contributed by atoms with E-state index >= 15 is 0 Å². The quantitative estimate of drug-likeness (QED) is 0.845. The molecule has 2 heterocycles. The third kappa shape index (κ3) is 4.06. The Morgan fingerprint density at radius 2 is 1.80 bits per heavy atom. The highest BCUT2D eigenvalue weighted by molar-refractivity contribution is 5.75. The summed E-state index contributed by atoms with van der Waals surface area (Å²) in [6.07, 6.45) is 7.33. The Balaban J connectivity index is 1.40. The van der Waals surface area contributed by atoms with Crippen LogP contribution in [0.2, 0.25) is 0 Å². The predicted molar refractivity (Wildman–Crippen MR) is 96.9 cm³/mol. The number of carbonyl (C=O) groups excluding carboxylic acids is 1. The zero-order valence-corrected chi connectivity index (χ0v) is 14.8. The van der Waals surface area contributed by atoms with E-state index in [4.69, 9.17) is 0 Å². The summed E-state index contributed by atoms with van der Waals surface area (Å²) in [7, 11) is 0. The fraction of sp³-hybridized carbons (Fsp3) is 0.684. The summed E-state index contributed by atoms with van der Waals surface area (Å²) < 4.78 is 1.97. The molecule has 25 heavy (non-hydrogen) atoms. The van der Waals surface area contributed by atoms with Crippen molar-refractivity contribution in [3.05, 3.63) is 33.7 Å². The number of rotatable bonds is 5.